The first-order valence-electron chi connectivity index (χ1n) is 10.8. The fourth-order valence-electron chi connectivity index (χ4n) is 3.71. The van der Waals surface area contributed by atoms with Gasteiger partial charge in [0.05, 0.1) is 5.69 Å². The van der Waals surface area contributed by atoms with Crippen molar-refractivity contribution in [1.82, 2.24) is 4.90 Å². The molecule has 6 heteroatoms. The molecular weight excluding hydrogens is 378 g/mol. The Hall–Kier alpha value is -2.86. The van der Waals surface area contributed by atoms with E-state index in [1.54, 1.807) is 11.0 Å². The minimum absolute atomic E-state index is 0.113. The summed E-state index contributed by atoms with van der Waals surface area (Å²) < 4.78 is 5.93. The summed E-state index contributed by atoms with van der Waals surface area (Å²) in [7, 11) is 0. The molecule has 0 atom stereocenters. The lowest BCUT2D eigenvalue weighted by Gasteiger charge is -2.19. The van der Waals surface area contributed by atoms with Crippen LogP contribution in [0.3, 0.4) is 0 Å². The number of amides is 2. The number of hydrogen-bond donors (Lipinski definition) is 1. The van der Waals surface area contributed by atoms with Gasteiger partial charge in [0.1, 0.15) is 12.4 Å². The first kappa shape index (κ1) is 21.8. The Labute approximate surface area is 178 Å². The first-order valence-corrected chi connectivity index (χ1v) is 10.8. The largest absolute Gasteiger partial charge is 0.490 e. The zero-order valence-electron chi connectivity index (χ0n) is 18.1. The van der Waals surface area contributed by atoms with Crippen LogP contribution in [0.4, 0.5) is 11.4 Å². The molecule has 0 fully saturated rings. The van der Waals surface area contributed by atoms with Crippen molar-refractivity contribution in [2.45, 2.75) is 33.6 Å². The minimum atomic E-state index is -0.183. The highest BCUT2D eigenvalue weighted by Crippen LogP contribution is 2.30. The van der Waals surface area contributed by atoms with Crippen molar-refractivity contribution in [1.29, 1.82) is 0 Å². The van der Waals surface area contributed by atoms with Gasteiger partial charge in [-0.3, -0.25) is 9.59 Å². The van der Waals surface area contributed by atoms with Gasteiger partial charge < -0.3 is 19.9 Å². The van der Waals surface area contributed by atoms with E-state index in [2.05, 4.69) is 24.1 Å². The number of carbonyl (C=O) groups excluding carboxylic acids is 2. The standard InChI is InChI=1S/C24H31N3O3/c1-4-23(28)27-14-13-18-17-19(11-12-21(18)27)24(29)25-20-9-7-8-10-22(20)30-16-15-26(5-2)6-3/h7-12,17H,4-6,13-16H2,1-3H3,(H,25,29). The topological polar surface area (TPSA) is 61.9 Å². The number of likely N-dealkylation sites (N-methyl/N-ethyl adjacent to an activating group) is 1. The molecule has 0 aromatic heterocycles. The summed E-state index contributed by atoms with van der Waals surface area (Å²) in [6.45, 7) is 10.2. The van der Waals surface area contributed by atoms with E-state index in [9.17, 15) is 9.59 Å². The number of nitrogens with zero attached hydrogens (tertiary/aromatic N) is 2. The van der Waals surface area contributed by atoms with Crippen LogP contribution in [0.15, 0.2) is 42.5 Å². The average Bonchev–Trinajstić information content (AvgIpc) is 3.20. The number of fused-ring (bicyclic) bond motifs is 1. The molecule has 1 aliphatic rings. The Balaban J connectivity index is 1.68. The van der Waals surface area contributed by atoms with Crippen LogP contribution in [0, 0.1) is 0 Å². The smallest absolute Gasteiger partial charge is 0.255 e. The molecule has 160 valence electrons. The van der Waals surface area contributed by atoms with E-state index in [4.69, 9.17) is 4.74 Å². The Morgan fingerprint density at radius 3 is 2.60 bits per heavy atom. The van der Waals surface area contributed by atoms with Gasteiger partial charge in [-0.2, -0.15) is 0 Å². The second kappa shape index (κ2) is 10.3. The highest BCUT2D eigenvalue weighted by molar-refractivity contribution is 6.06. The highest BCUT2D eigenvalue weighted by atomic mass is 16.5. The second-order valence-corrected chi connectivity index (χ2v) is 7.32. The van der Waals surface area contributed by atoms with Crippen molar-refractivity contribution in [2.75, 3.05) is 43.0 Å². The molecule has 1 heterocycles. The van der Waals surface area contributed by atoms with Crippen LogP contribution in [0.5, 0.6) is 5.75 Å². The lowest BCUT2D eigenvalue weighted by Crippen LogP contribution is -2.28. The zero-order chi connectivity index (χ0) is 21.5. The van der Waals surface area contributed by atoms with E-state index in [1.807, 2.05) is 43.3 Å². The monoisotopic (exact) mass is 409 g/mol. The molecule has 0 unspecified atom stereocenters. The predicted molar refractivity (Wildman–Crippen MR) is 120 cm³/mol. The maximum absolute atomic E-state index is 12.9. The molecule has 0 radical (unpaired) electrons. The zero-order valence-corrected chi connectivity index (χ0v) is 18.1. The third-order valence-corrected chi connectivity index (χ3v) is 5.54. The molecular formula is C24H31N3O3. The molecule has 2 amide bonds. The minimum Gasteiger partial charge on any atom is -0.490 e. The van der Waals surface area contributed by atoms with Crippen molar-refractivity contribution in [2.24, 2.45) is 0 Å². The van der Waals surface area contributed by atoms with Gasteiger partial charge in [-0.1, -0.05) is 32.9 Å². The molecule has 0 bridgehead atoms. The third kappa shape index (κ3) is 5.00. The molecule has 2 aromatic carbocycles. The number of para-hydroxylation sites is 2. The Bertz CT molecular complexity index is 893. The fourth-order valence-corrected chi connectivity index (χ4v) is 3.71. The Morgan fingerprint density at radius 2 is 1.87 bits per heavy atom. The van der Waals surface area contributed by atoms with Crippen LogP contribution in [-0.2, 0) is 11.2 Å². The van der Waals surface area contributed by atoms with E-state index in [0.717, 1.165) is 37.3 Å². The summed E-state index contributed by atoms with van der Waals surface area (Å²) in [4.78, 5) is 29.0. The molecule has 1 aliphatic heterocycles. The van der Waals surface area contributed by atoms with Gasteiger partial charge in [0.2, 0.25) is 5.91 Å². The van der Waals surface area contributed by atoms with Crippen molar-refractivity contribution in [3.05, 3.63) is 53.6 Å². The lowest BCUT2D eigenvalue weighted by atomic mass is 10.1. The number of benzene rings is 2. The van der Waals surface area contributed by atoms with Crippen LogP contribution in [0.25, 0.3) is 0 Å². The van der Waals surface area contributed by atoms with E-state index in [-0.39, 0.29) is 11.8 Å². The van der Waals surface area contributed by atoms with Gasteiger partial charge >= 0.3 is 0 Å². The summed E-state index contributed by atoms with van der Waals surface area (Å²) in [5.41, 5.74) is 3.19. The second-order valence-electron chi connectivity index (χ2n) is 7.32. The summed E-state index contributed by atoms with van der Waals surface area (Å²) >= 11 is 0. The van der Waals surface area contributed by atoms with Crippen LogP contribution in [0.1, 0.15) is 43.1 Å². The average molecular weight is 410 g/mol. The molecule has 0 saturated carbocycles. The Morgan fingerprint density at radius 1 is 1.10 bits per heavy atom. The lowest BCUT2D eigenvalue weighted by molar-refractivity contribution is -0.118. The number of carbonyl (C=O) groups is 2. The number of nitrogens with one attached hydrogen (secondary N) is 1. The number of ether oxygens (including phenoxy) is 1. The summed E-state index contributed by atoms with van der Waals surface area (Å²) in [5.74, 6) is 0.596. The van der Waals surface area contributed by atoms with Crippen LogP contribution < -0.4 is 15.0 Å². The van der Waals surface area contributed by atoms with Crippen LogP contribution in [0.2, 0.25) is 0 Å². The van der Waals surface area contributed by atoms with E-state index < -0.39 is 0 Å². The van der Waals surface area contributed by atoms with Gasteiger partial charge in [-0.15, -0.1) is 0 Å². The molecule has 0 saturated heterocycles. The van der Waals surface area contributed by atoms with Crippen LogP contribution in [-0.4, -0.2) is 49.5 Å². The maximum Gasteiger partial charge on any atom is 0.255 e. The molecule has 30 heavy (non-hydrogen) atoms. The highest BCUT2D eigenvalue weighted by Gasteiger charge is 2.24. The van der Waals surface area contributed by atoms with Crippen molar-refractivity contribution >= 4 is 23.2 Å². The van der Waals surface area contributed by atoms with Crippen molar-refractivity contribution in [3.63, 3.8) is 0 Å². The number of hydrogen-bond acceptors (Lipinski definition) is 4. The Kier molecular flexibility index (Phi) is 7.46. The number of rotatable bonds is 9. The van der Waals surface area contributed by atoms with Gasteiger partial charge in [0.25, 0.3) is 5.91 Å². The summed E-state index contributed by atoms with van der Waals surface area (Å²) in [6.07, 6.45) is 1.25. The number of anilines is 2. The SMILES string of the molecule is CCC(=O)N1CCc2cc(C(=O)Nc3ccccc3OCCN(CC)CC)ccc21. The maximum atomic E-state index is 12.9. The van der Waals surface area contributed by atoms with Crippen molar-refractivity contribution in [3.8, 4) is 5.75 Å². The van der Waals surface area contributed by atoms with Gasteiger partial charge in [0.15, 0.2) is 0 Å². The molecule has 2 aromatic rings. The van der Waals surface area contributed by atoms with E-state index in [1.165, 1.54) is 0 Å². The van der Waals surface area contributed by atoms with E-state index >= 15 is 0 Å². The predicted octanol–water partition coefficient (Wildman–Crippen LogP) is 3.96. The summed E-state index contributed by atoms with van der Waals surface area (Å²) in [5, 5.41) is 2.97. The molecule has 3 rings (SSSR count). The molecule has 0 spiro atoms. The van der Waals surface area contributed by atoms with Crippen molar-refractivity contribution < 1.29 is 14.3 Å². The molecule has 6 nitrogen and oxygen atoms in total. The first-order chi connectivity index (χ1) is 14.6. The normalized spacial score (nSPS) is 12.7. The van der Waals surface area contributed by atoms with Gasteiger partial charge in [-0.05, 0) is 55.4 Å². The fraction of sp³-hybridized carbons (Fsp3) is 0.417. The third-order valence-electron chi connectivity index (χ3n) is 5.54. The van der Waals surface area contributed by atoms with E-state index in [0.29, 0.717) is 36.6 Å². The van der Waals surface area contributed by atoms with Gasteiger partial charge in [-0.25, -0.2) is 0 Å². The van der Waals surface area contributed by atoms with Gasteiger partial charge in [0, 0.05) is 30.8 Å². The van der Waals surface area contributed by atoms with Crippen LogP contribution >= 0.6 is 0 Å². The quantitative estimate of drug-likeness (QED) is 0.681. The summed E-state index contributed by atoms with van der Waals surface area (Å²) in [6, 6.07) is 13.0. The molecule has 1 N–H and O–H groups in total. The molecule has 0 aliphatic carbocycles.